The van der Waals surface area contributed by atoms with Crippen LogP contribution >= 0.6 is 11.3 Å². The van der Waals surface area contributed by atoms with Gasteiger partial charge in [0.15, 0.2) is 0 Å². The first-order valence-electron chi connectivity index (χ1n) is 11.8. The Morgan fingerprint density at radius 2 is 1.67 bits per heavy atom. The third kappa shape index (κ3) is 3.87. The van der Waals surface area contributed by atoms with Crippen LogP contribution in [-0.4, -0.2) is 13.8 Å². The molecule has 0 aliphatic heterocycles. The van der Waals surface area contributed by atoms with Gasteiger partial charge in [-0.3, -0.25) is 0 Å². The fourth-order valence-electron chi connectivity index (χ4n) is 7.49. The third-order valence-electron chi connectivity index (χ3n) is 7.72. The summed E-state index contributed by atoms with van der Waals surface area (Å²) in [6, 6.07) is 9.07. The molecule has 1 fully saturated rings. The smallest absolute Gasteiger partial charge is 0.123 e. The summed E-state index contributed by atoms with van der Waals surface area (Å²) >= 11 is 1.99. The second kappa shape index (κ2) is 7.32. The lowest BCUT2D eigenvalue weighted by atomic mass is 9.79. The molecule has 3 heteroatoms. The van der Waals surface area contributed by atoms with Crippen LogP contribution in [0.4, 0.5) is 0 Å². The first-order chi connectivity index (χ1) is 13.8. The molecule has 0 bridgehead atoms. The van der Waals surface area contributed by atoms with E-state index in [1.54, 1.807) is 5.56 Å². The predicted molar refractivity (Wildman–Crippen MR) is 138 cm³/mol. The zero-order valence-electron chi connectivity index (χ0n) is 20.5. The highest BCUT2D eigenvalue weighted by atomic mass is 32.1. The molecule has 2 aliphatic rings. The minimum Gasteiger partial charge on any atom is -0.332 e. The average Bonchev–Trinajstić information content (AvgIpc) is 3.07. The molecule has 0 spiro atoms. The summed E-state index contributed by atoms with van der Waals surface area (Å²) < 4.78 is 1.46. The van der Waals surface area contributed by atoms with Gasteiger partial charge >= 0.3 is 0 Å². The van der Waals surface area contributed by atoms with Crippen LogP contribution in [0.25, 0.3) is 16.2 Å². The Labute approximate surface area is 189 Å². The summed E-state index contributed by atoms with van der Waals surface area (Å²) in [5, 5.41) is 1.51. The standard InChI is InChI=1S/C27H41NSSi/c1-17-18(2)25(30(8,9)28-27(6,7)16-26(3,4)5)20-14-15-22-24(23(17)20)19-12-10-11-13-21(19)29-22/h10-15,17-18,20,23,25,28H,16H2,1-9H3. The van der Waals surface area contributed by atoms with E-state index in [1.807, 2.05) is 11.3 Å². The molecule has 1 saturated carbocycles. The van der Waals surface area contributed by atoms with E-state index >= 15 is 0 Å². The summed E-state index contributed by atoms with van der Waals surface area (Å²) in [6.07, 6.45) is 6.26. The number of rotatable bonds is 4. The van der Waals surface area contributed by atoms with Crippen LogP contribution in [0.1, 0.15) is 71.2 Å². The Balaban J connectivity index is 1.70. The first-order valence-corrected chi connectivity index (χ1v) is 15.7. The summed E-state index contributed by atoms with van der Waals surface area (Å²) in [5.41, 5.74) is 2.93. The number of nitrogens with one attached hydrogen (secondary N) is 1. The molecule has 30 heavy (non-hydrogen) atoms. The van der Waals surface area contributed by atoms with Gasteiger partial charge in [0.25, 0.3) is 0 Å². The van der Waals surface area contributed by atoms with Gasteiger partial charge in [0.2, 0.25) is 0 Å². The van der Waals surface area contributed by atoms with E-state index < -0.39 is 8.24 Å². The van der Waals surface area contributed by atoms with E-state index in [0.717, 1.165) is 17.4 Å². The second-order valence-electron chi connectivity index (χ2n) is 12.6. The molecule has 1 heterocycles. The van der Waals surface area contributed by atoms with Gasteiger partial charge in [-0.05, 0) is 78.0 Å². The lowest BCUT2D eigenvalue weighted by Gasteiger charge is -2.45. The Morgan fingerprint density at radius 1 is 1.00 bits per heavy atom. The normalized spacial score (nSPS) is 29.3. The molecular formula is C27H41NSSi. The molecule has 2 aliphatic carbocycles. The zero-order chi connectivity index (χ0) is 22.1. The summed E-state index contributed by atoms with van der Waals surface area (Å²) in [6.45, 7) is 22.2. The molecule has 164 valence electrons. The Morgan fingerprint density at radius 3 is 2.33 bits per heavy atom. The van der Waals surface area contributed by atoms with Crippen LogP contribution in [0, 0.1) is 23.2 Å². The quantitative estimate of drug-likeness (QED) is 0.472. The lowest BCUT2D eigenvalue weighted by Crippen LogP contribution is -2.60. The van der Waals surface area contributed by atoms with Crippen molar-refractivity contribution in [1.82, 2.24) is 4.98 Å². The van der Waals surface area contributed by atoms with E-state index in [0.29, 0.717) is 17.3 Å². The molecule has 1 nitrogen and oxygen atoms in total. The van der Waals surface area contributed by atoms with Gasteiger partial charge in [-0.25, -0.2) is 0 Å². The van der Waals surface area contributed by atoms with Crippen molar-refractivity contribution in [2.45, 2.75) is 85.0 Å². The number of fused-ring (bicyclic) bond motifs is 5. The molecule has 2 aromatic rings. The first kappa shape index (κ1) is 22.3. The summed E-state index contributed by atoms with van der Waals surface area (Å²) in [4.78, 5) is 5.79. The van der Waals surface area contributed by atoms with Crippen molar-refractivity contribution < 1.29 is 0 Å². The van der Waals surface area contributed by atoms with Crippen molar-refractivity contribution in [3.63, 3.8) is 0 Å². The predicted octanol–water partition coefficient (Wildman–Crippen LogP) is 8.29. The van der Waals surface area contributed by atoms with Gasteiger partial charge in [-0.15, -0.1) is 11.3 Å². The number of hydrogen-bond acceptors (Lipinski definition) is 2. The molecule has 0 amide bonds. The largest absolute Gasteiger partial charge is 0.332 e. The van der Waals surface area contributed by atoms with Crippen molar-refractivity contribution in [1.29, 1.82) is 0 Å². The average molecular weight is 440 g/mol. The van der Waals surface area contributed by atoms with Crippen molar-refractivity contribution in [2.24, 2.45) is 23.2 Å². The highest BCUT2D eigenvalue weighted by Crippen LogP contribution is 2.62. The summed E-state index contributed by atoms with van der Waals surface area (Å²) in [5.74, 6) is 2.80. The summed E-state index contributed by atoms with van der Waals surface area (Å²) in [7, 11) is -1.68. The maximum atomic E-state index is 4.28. The van der Waals surface area contributed by atoms with Crippen molar-refractivity contribution in [3.05, 3.63) is 40.8 Å². The number of allylic oxidation sites excluding steroid dienone is 1. The minimum atomic E-state index is -1.68. The van der Waals surface area contributed by atoms with Crippen molar-refractivity contribution >= 4 is 35.7 Å². The maximum absolute atomic E-state index is 4.28. The second-order valence-corrected chi connectivity index (χ2v) is 18.0. The van der Waals surface area contributed by atoms with Crippen LogP contribution < -0.4 is 4.98 Å². The molecule has 5 atom stereocenters. The number of benzene rings is 1. The molecular weight excluding hydrogens is 398 g/mol. The van der Waals surface area contributed by atoms with E-state index in [9.17, 15) is 0 Å². The SMILES string of the molecule is CC1C(C)C([Si](C)(C)NC(C)(C)CC(C)(C)C)C2C=Cc3sc4ccccc4c3C12. The van der Waals surface area contributed by atoms with Crippen LogP contribution in [0.2, 0.25) is 18.6 Å². The number of hydrogen-bond donors (Lipinski definition) is 1. The van der Waals surface area contributed by atoms with Crippen molar-refractivity contribution in [3.8, 4) is 0 Å². The monoisotopic (exact) mass is 439 g/mol. The molecule has 1 N–H and O–H groups in total. The molecule has 0 saturated heterocycles. The van der Waals surface area contributed by atoms with Gasteiger partial charge in [-0.1, -0.05) is 72.0 Å². The lowest BCUT2D eigenvalue weighted by molar-refractivity contribution is 0.265. The molecule has 5 unspecified atom stereocenters. The van der Waals surface area contributed by atoms with Gasteiger partial charge in [0.05, 0.1) is 0 Å². The molecule has 1 aromatic heterocycles. The van der Waals surface area contributed by atoms with E-state index in [2.05, 4.69) is 103 Å². The Hall–Kier alpha value is -0.903. The van der Waals surface area contributed by atoms with Crippen molar-refractivity contribution in [2.75, 3.05) is 0 Å². The van der Waals surface area contributed by atoms with Gasteiger partial charge in [0, 0.05) is 15.1 Å². The Kier molecular flexibility index (Phi) is 5.44. The van der Waals surface area contributed by atoms with E-state index in [-0.39, 0.29) is 5.54 Å². The zero-order valence-corrected chi connectivity index (χ0v) is 22.3. The fraction of sp³-hybridized carbons (Fsp3) is 0.630. The van der Waals surface area contributed by atoms with Gasteiger partial charge in [-0.2, -0.15) is 0 Å². The third-order valence-corrected chi connectivity index (χ3v) is 12.8. The highest BCUT2D eigenvalue weighted by Gasteiger charge is 2.55. The van der Waals surface area contributed by atoms with Gasteiger partial charge in [0.1, 0.15) is 8.24 Å². The minimum absolute atomic E-state index is 0.174. The molecule has 1 aromatic carbocycles. The van der Waals surface area contributed by atoms with Crippen LogP contribution in [0.5, 0.6) is 0 Å². The Bertz CT molecular complexity index is 961. The number of thiophene rings is 1. The van der Waals surface area contributed by atoms with E-state index in [4.69, 9.17) is 0 Å². The fourth-order valence-corrected chi connectivity index (χ4v) is 13.6. The van der Waals surface area contributed by atoms with Crippen LogP contribution in [0.3, 0.4) is 0 Å². The highest BCUT2D eigenvalue weighted by molar-refractivity contribution is 7.20. The van der Waals surface area contributed by atoms with Crippen LogP contribution in [-0.2, 0) is 0 Å². The van der Waals surface area contributed by atoms with Gasteiger partial charge < -0.3 is 4.98 Å². The molecule has 0 radical (unpaired) electrons. The topological polar surface area (TPSA) is 12.0 Å². The van der Waals surface area contributed by atoms with E-state index in [1.165, 1.54) is 21.4 Å². The maximum Gasteiger partial charge on any atom is 0.123 e. The molecule has 4 rings (SSSR count). The van der Waals surface area contributed by atoms with Crippen LogP contribution in [0.15, 0.2) is 30.3 Å².